The number of hydrogen-bond acceptors (Lipinski definition) is 3. The van der Waals surface area contributed by atoms with E-state index in [0.29, 0.717) is 11.8 Å². The van der Waals surface area contributed by atoms with Crippen LogP contribution in [0.15, 0.2) is 12.7 Å². The lowest BCUT2D eigenvalue weighted by atomic mass is 9.45. The molecule has 7 atom stereocenters. The SMILES string of the molecule is C=CC1(O)C(CCC)[C@@H]2[C@@H](C#C[C@@H](O[Si](C)(C)C(C)(C)C)C3CCCC3)[C@H](O[Si](C)(C)C(C)(C)C)CC[C@@H]21. The Hall–Kier alpha value is -0.386. The zero-order chi connectivity index (χ0) is 28.7. The van der Waals surface area contributed by atoms with E-state index in [1.54, 1.807) is 0 Å². The Morgan fingerprint density at radius 3 is 2.05 bits per heavy atom. The summed E-state index contributed by atoms with van der Waals surface area (Å²) in [7, 11) is -3.92. The first kappa shape index (κ1) is 32.1. The number of aliphatic hydroxyl groups is 1. The fraction of sp³-hybridized carbons (Fsp3) is 0.879. The minimum atomic E-state index is -1.97. The van der Waals surface area contributed by atoms with Crippen molar-refractivity contribution in [1.29, 1.82) is 0 Å². The van der Waals surface area contributed by atoms with Gasteiger partial charge in [0.1, 0.15) is 6.10 Å². The molecule has 0 aromatic heterocycles. The smallest absolute Gasteiger partial charge is 0.193 e. The zero-order valence-corrected chi connectivity index (χ0v) is 28.7. The van der Waals surface area contributed by atoms with E-state index in [2.05, 4.69) is 93.1 Å². The summed E-state index contributed by atoms with van der Waals surface area (Å²) < 4.78 is 14.2. The van der Waals surface area contributed by atoms with Gasteiger partial charge in [0.2, 0.25) is 0 Å². The molecular weight excluding hydrogens is 501 g/mol. The predicted molar refractivity (Wildman–Crippen MR) is 167 cm³/mol. The fourth-order valence-corrected chi connectivity index (χ4v) is 9.45. The molecule has 3 saturated carbocycles. The van der Waals surface area contributed by atoms with Crippen LogP contribution in [0, 0.1) is 41.4 Å². The third-order valence-electron chi connectivity index (χ3n) is 11.3. The standard InChI is InChI=1S/C33H60O3Si2/c1-13-17-26-30-25(20-22-28(24-18-15-16-19-24)35-37(9,10)31(3,4)5)29(36-38(11,12)32(6,7)8)23-21-27(30)33(26,34)14-2/h14,24-30,34H,2,13,15-19,21,23H2,1,3-12H3/t25-,26?,27-,28+,29+,30-,33?/m0/s1. The van der Waals surface area contributed by atoms with E-state index in [0.717, 1.165) is 25.7 Å². The molecule has 5 heteroatoms. The van der Waals surface area contributed by atoms with E-state index >= 15 is 0 Å². The molecule has 38 heavy (non-hydrogen) atoms. The Morgan fingerprint density at radius 2 is 1.55 bits per heavy atom. The third-order valence-corrected chi connectivity index (χ3v) is 20.3. The summed E-state index contributed by atoms with van der Waals surface area (Å²) in [5.74, 6) is 9.17. The van der Waals surface area contributed by atoms with Crippen molar-refractivity contribution in [2.45, 2.75) is 154 Å². The lowest BCUT2D eigenvalue weighted by Gasteiger charge is -2.63. The highest BCUT2D eigenvalue weighted by Gasteiger charge is 2.64. The van der Waals surface area contributed by atoms with Crippen molar-refractivity contribution in [3.8, 4) is 11.8 Å². The van der Waals surface area contributed by atoms with E-state index in [-0.39, 0.29) is 40.0 Å². The summed E-state index contributed by atoms with van der Waals surface area (Å²) in [4.78, 5) is 0. The van der Waals surface area contributed by atoms with Crippen molar-refractivity contribution in [3.63, 3.8) is 0 Å². The minimum absolute atomic E-state index is 0.00952. The van der Waals surface area contributed by atoms with Crippen LogP contribution in [0.4, 0.5) is 0 Å². The highest BCUT2D eigenvalue weighted by atomic mass is 28.4. The van der Waals surface area contributed by atoms with Crippen LogP contribution in [0.1, 0.15) is 99.8 Å². The maximum atomic E-state index is 11.6. The van der Waals surface area contributed by atoms with E-state index in [1.807, 2.05) is 6.08 Å². The molecule has 0 spiro atoms. The summed E-state index contributed by atoms with van der Waals surface area (Å²) >= 11 is 0. The lowest BCUT2D eigenvalue weighted by molar-refractivity contribution is -0.208. The summed E-state index contributed by atoms with van der Waals surface area (Å²) in [5.41, 5.74) is -0.759. The van der Waals surface area contributed by atoms with Crippen molar-refractivity contribution in [1.82, 2.24) is 0 Å². The van der Waals surface area contributed by atoms with E-state index in [1.165, 1.54) is 25.7 Å². The van der Waals surface area contributed by atoms with Gasteiger partial charge in [-0.25, -0.2) is 0 Å². The molecular formula is C33H60O3Si2. The van der Waals surface area contributed by atoms with Gasteiger partial charge in [0, 0.05) is 5.92 Å². The first-order valence-electron chi connectivity index (χ1n) is 15.6. The second-order valence-corrected chi connectivity index (χ2v) is 25.3. The minimum Gasteiger partial charge on any atom is -0.413 e. The fourth-order valence-electron chi connectivity index (χ4n) is 6.84. The van der Waals surface area contributed by atoms with Gasteiger partial charge in [0.05, 0.1) is 11.7 Å². The van der Waals surface area contributed by atoms with Gasteiger partial charge >= 0.3 is 0 Å². The van der Waals surface area contributed by atoms with Gasteiger partial charge in [-0.15, -0.1) is 6.58 Å². The Morgan fingerprint density at radius 1 is 0.974 bits per heavy atom. The molecule has 3 rings (SSSR count). The zero-order valence-electron chi connectivity index (χ0n) is 26.7. The molecule has 0 aromatic rings. The van der Waals surface area contributed by atoms with Gasteiger partial charge in [-0.2, -0.15) is 0 Å². The molecule has 218 valence electrons. The van der Waals surface area contributed by atoms with Gasteiger partial charge in [-0.05, 0) is 92.0 Å². The predicted octanol–water partition coefficient (Wildman–Crippen LogP) is 8.95. The Balaban J connectivity index is 2.01. The van der Waals surface area contributed by atoms with E-state index in [9.17, 15) is 5.11 Å². The van der Waals surface area contributed by atoms with Gasteiger partial charge in [-0.1, -0.05) is 85.6 Å². The topological polar surface area (TPSA) is 38.7 Å². The molecule has 0 aromatic carbocycles. The van der Waals surface area contributed by atoms with Crippen LogP contribution in [0.5, 0.6) is 0 Å². The highest BCUT2D eigenvalue weighted by Crippen LogP contribution is 2.61. The Bertz CT molecular complexity index is 881. The van der Waals surface area contributed by atoms with Crippen LogP contribution < -0.4 is 0 Å². The molecule has 0 aliphatic heterocycles. The van der Waals surface area contributed by atoms with Crippen LogP contribution in [0.25, 0.3) is 0 Å². The summed E-state index contributed by atoms with van der Waals surface area (Å²) in [6.45, 7) is 29.7. The van der Waals surface area contributed by atoms with Crippen molar-refractivity contribution >= 4 is 16.6 Å². The Labute approximate surface area is 238 Å². The summed E-state index contributed by atoms with van der Waals surface area (Å²) in [6.07, 6.45) is 11.1. The average Bonchev–Trinajstić information content (AvgIpc) is 3.33. The van der Waals surface area contributed by atoms with Crippen LogP contribution in [-0.2, 0) is 8.85 Å². The molecule has 3 fully saturated rings. The summed E-state index contributed by atoms with van der Waals surface area (Å²) in [6, 6.07) is 0. The first-order chi connectivity index (χ1) is 17.4. The molecule has 0 radical (unpaired) electrons. The number of hydrogen-bond donors (Lipinski definition) is 1. The lowest BCUT2D eigenvalue weighted by Crippen LogP contribution is -2.67. The molecule has 3 aliphatic rings. The van der Waals surface area contributed by atoms with Crippen molar-refractivity contribution in [3.05, 3.63) is 12.7 Å². The second kappa shape index (κ2) is 11.5. The summed E-state index contributed by atoms with van der Waals surface area (Å²) in [5, 5.41) is 12.0. The molecule has 3 nitrogen and oxygen atoms in total. The van der Waals surface area contributed by atoms with E-state index in [4.69, 9.17) is 8.85 Å². The molecule has 0 amide bonds. The molecule has 3 aliphatic carbocycles. The quantitative estimate of drug-likeness (QED) is 0.183. The van der Waals surface area contributed by atoms with Crippen molar-refractivity contribution in [2.24, 2.45) is 29.6 Å². The van der Waals surface area contributed by atoms with Crippen molar-refractivity contribution in [2.75, 3.05) is 0 Å². The molecule has 0 bridgehead atoms. The molecule has 2 unspecified atom stereocenters. The van der Waals surface area contributed by atoms with Crippen molar-refractivity contribution < 1.29 is 14.0 Å². The molecule has 0 heterocycles. The second-order valence-electron chi connectivity index (χ2n) is 15.8. The van der Waals surface area contributed by atoms with Crippen LogP contribution in [0.3, 0.4) is 0 Å². The van der Waals surface area contributed by atoms with Gasteiger partial charge in [-0.3, -0.25) is 0 Å². The normalized spacial score (nSPS) is 33.6. The number of rotatable bonds is 8. The van der Waals surface area contributed by atoms with Gasteiger partial charge < -0.3 is 14.0 Å². The number of fused-ring (bicyclic) bond motifs is 1. The first-order valence-corrected chi connectivity index (χ1v) is 21.4. The third kappa shape index (κ3) is 6.25. The Kier molecular flexibility index (Phi) is 9.70. The van der Waals surface area contributed by atoms with Crippen LogP contribution in [0.2, 0.25) is 36.3 Å². The molecule has 0 saturated heterocycles. The average molecular weight is 561 g/mol. The van der Waals surface area contributed by atoms with Gasteiger partial charge in [0.25, 0.3) is 0 Å². The largest absolute Gasteiger partial charge is 0.413 e. The highest BCUT2D eigenvalue weighted by molar-refractivity contribution is 6.74. The van der Waals surface area contributed by atoms with Crippen LogP contribution >= 0.6 is 0 Å². The van der Waals surface area contributed by atoms with E-state index < -0.39 is 22.2 Å². The molecule has 1 N–H and O–H groups in total. The van der Waals surface area contributed by atoms with Crippen LogP contribution in [-0.4, -0.2) is 39.6 Å². The maximum Gasteiger partial charge on any atom is 0.193 e. The monoisotopic (exact) mass is 560 g/mol. The van der Waals surface area contributed by atoms with Gasteiger partial charge in [0.15, 0.2) is 16.6 Å². The maximum absolute atomic E-state index is 11.6.